The Kier molecular flexibility index (Phi) is 7.82. The van der Waals surface area contributed by atoms with E-state index in [9.17, 15) is 19.5 Å². The van der Waals surface area contributed by atoms with Crippen LogP contribution in [-0.2, 0) is 14.3 Å². The number of carboxylic acid groups (broad SMARTS) is 1. The molecule has 0 saturated carbocycles. The van der Waals surface area contributed by atoms with Crippen molar-refractivity contribution in [3.63, 3.8) is 0 Å². The minimum atomic E-state index is -0.971. The lowest BCUT2D eigenvalue weighted by molar-refractivity contribution is -0.142. The SMILES string of the molecule is CCCC(CNC(=O)C(NC(=O)OCC1c2ccccc2-c2ccccc21)c1cccs1)C(=O)O. The zero-order valence-electron chi connectivity index (χ0n) is 19.4. The predicted molar refractivity (Wildman–Crippen MR) is 134 cm³/mol. The second-order valence-electron chi connectivity index (χ2n) is 8.49. The fraction of sp³-hybridized carbons (Fsp3) is 0.296. The van der Waals surface area contributed by atoms with Gasteiger partial charge in [0.25, 0.3) is 0 Å². The molecule has 1 aromatic heterocycles. The smallest absolute Gasteiger partial charge is 0.408 e. The number of hydrogen-bond acceptors (Lipinski definition) is 5. The van der Waals surface area contributed by atoms with E-state index in [0.29, 0.717) is 17.7 Å². The molecule has 0 aliphatic heterocycles. The summed E-state index contributed by atoms with van der Waals surface area (Å²) in [4.78, 5) is 37.8. The van der Waals surface area contributed by atoms with Crippen molar-refractivity contribution < 1.29 is 24.2 Å². The van der Waals surface area contributed by atoms with Crippen molar-refractivity contribution in [3.05, 3.63) is 82.0 Å². The lowest BCUT2D eigenvalue weighted by atomic mass is 9.98. The van der Waals surface area contributed by atoms with Gasteiger partial charge in [0.2, 0.25) is 5.91 Å². The van der Waals surface area contributed by atoms with Gasteiger partial charge in [-0.3, -0.25) is 9.59 Å². The maximum atomic E-state index is 12.9. The van der Waals surface area contributed by atoms with Gasteiger partial charge in [0, 0.05) is 17.3 Å². The van der Waals surface area contributed by atoms with Crippen LogP contribution >= 0.6 is 11.3 Å². The minimum Gasteiger partial charge on any atom is -0.481 e. The van der Waals surface area contributed by atoms with Crippen molar-refractivity contribution in [2.24, 2.45) is 5.92 Å². The highest BCUT2D eigenvalue weighted by atomic mass is 32.1. The Labute approximate surface area is 208 Å². The molecule has 8 heteroatoms. The monoisotopic (exact) mass is 492 g/mol. The van der Waals surface area contributed by atoms with Crippen LogP contribution in [0.3, 0.4) is 0 Å². The molecule has 182 valence electrons. The zero-order valence-corrected chi connectivity index (χ0v) is 20.2. The van der Waals surface area contributed by atoms with E-state index in [2.05, 4.69) is 22.8 Å². The highest BCUT2D eigenvalue weighted by Gasteiger charge is 2.30. The fourth-order valence-corrected chi connectivity index (χ4v) is 5.24. The third-order valence-corrected chi connectivity index (χ3v) is 7.14. The molecule has 2 amide bonds. The van der Waals surface area contributed by atoms with E-state index in [1.807, 2.05) is 48.7 Å². The molecule has 0 fully saturated rings. The molecule has 4 rings (SSSR count). The number of benzene rings is 2. The fourth-order valence-electron chi connectivity index (χ4n) is 4.47. The Morgan fingerprint density at radius 3 is 2.23 bits per heavy atom. The Morgan fingerprint density at radius 2 is 1.66 bits per heavy atom. The van der Waals surface area contributed by atoms with E-state index in [4.69, 9.17) is 4.74 Å². The third kappa shape index (κ3) is 5.54. The van der Waals surface area contributed by atoms with E-state index in [1.54, 1.807) is 12.1 Å². The summed E-state index contributed by atoms with van der Waals surface area (Å²) in [5.74, 6) is -2.19. The molecule has 0 radical (unpaired) electrons. The number of aliphatic carboxylic acids is 1. The number of alkyl carbamates (subject to hydrolysis) is 1. The molecule has 2 unspecified atom stereocenters. The summed E-state index contributed by atoms with van der Waals surface area (Å²) in [7, 11) is 0. The third-order valence-electron chi connectivity index (χ3n) is 6.20. The van der Waals surface area contributed by atoms with E-state index >= 15 is 0 Å². The Balaban J connectivity index is 1.42. The Bertz CT molecular complexity index is 1150. The zero-order chi connectivity index (χ0) is 24.8. The highest BCUT2D eigenvalue weighted by Crippen LogP contribution is 2.44. The molecule has 3 N–H and O–H groups in total. The van der Waals surface area contributed by atoms with Crippen LogP contribution in [0, 0.1) is 5.92 Å². The first-order valence-corrected chi connectivity index (χ1v) is 12.5. The maximum Gasteiger partial charge on any atom is 0.408 e. The van der Waals surface area contributed by atoms with E-state index in [0.717, 1.165) is 22.3 Å². The molecule has 1 heterocycles. The molecule has 1 aliphatic carbocycles. The summed E-state index contributed by atoms with van der Waals surface area (Å²) in [5.41, 5.74) is 4.47. The number of carbonyl (C=O) groups is 3. The number of rotatable bonds is 10. The van der Waals surface area contributed by atoms with Crippen LogP contribution < -0.4 is 10.6 Å². The molecule has 0 saturated heterocycles. The summed E-state index contributed by atoms with van der Waals surface area (Å²) in [6.45, 7) is 2.03. The van der Waals surface area contributed by atoms with Gasteiger partial charge in [-0.25, -0.2) is 4.79 Å². The van der Waals surface area contributed by atoms with Gasteiger partial charge in [0.1, 0.15) is 12.6 Å². The maximum absolute atomic E-state index is 12.9. The van der Waals surface area contributed by atoms with Gasteiger partial charge in [-0.15, -0.1) is 11.3 Å². The second kappa shape index (κ2) is 11.2. The van der Waals surface area contributed by atoms with Crippen LogP contribution in [0.5, 0.6) is 0 Å². The average Bonchev–Trinajstić information content (AvgIpc) is 3.50. The van der Waals surface area contributed by atoms with Gasteiger partial charge < -0.3 is 20.5 Å². The molecular weight excluding hydrogens is 464 g/mol. The topological polar surface area (TPSA) is 105 Å². The number of nitrogens with one attached hydrogen (secondary N) is 2. The van der Waals surface area contributed by atoms with Crippen LogP contribution in [0.15, 0.2) is 66.0 Å². The molecule has 2 aromatic carbocycles. The summed E-state index contributed by atoms with van der Waals surface area (Å²) >= 11 is 1.33. The number of amides is 2. The van der Waals surface area contributed by atoms with Crippen LogP contribution in [0.25, 0.3) is 11.1 Å². The first-order chi connectivity index (χ1) is 17.0. The van der Waals surface area contributed by atoms with Crippen LogP contribution in [0.2, 0.25) is 0 Å². The first kappa shape index (κ1) is 24.5. The molecular formula is C27H28N2O5S. The number of ether oxygens (including phenoxy) is 1. The Morgan fingerprint density at radius 1 is 1.00 bits per heavy atom. The van der Waals surface area contributed by atoms with Gasteiger partial charge in [-0.05, 0) is 40.1 Å². The molecule has 3 aromatic rings. The molecule has 2 atom stereocenters. The normalized spacial score (nSPS) is 13.9. The Hall–Kier alpha value is -3.65. The standard InChI is InChI=1S/C27H28N2O5S/c1-2-8-17(26(31)32)15-28-25(30)24(23-13-7-14-35-23)29-27(33)34-16-22-20-11-5-3-9-18(20)19-10-4-6-12-21(19)22/h3-7,9-14,17,22,24H,2,8,15-16H2,1H3,(H,28,30)(H,29,33)(H,31,32). The van der Waals surface area contributed by atoms with Gasteiger partial charge in [0.05, 0.1) is 5.92 Å². The minimum absolute atomic E-state index is 0.00372. The molecule has 0 spiro atoms. The lowest BCUT2D eigenvalue weighted by Crippen LogP contribution is -2.42. The molecule has 35 heavy (non-hydrogen) atoms. The van der Waals surface area contributed by atoms with E-state index in [-0.39, 0.29) is 19.1 Å². The second-order valence-corrected chi connectivity index (χ2v) is 9.47. The number of thiophene rings is 1. The van der Waals surface area contributed by atoms with Gasteiger partial charge in [-0.1, -0.05) is 67.9 Å². The number of fused-ring (bicyclic) bond motifs is 3. The number of hydrogen-bond donors (Lipinski definition) is 3. The van der Waals surface area contributed by atoms with Crippen LogP contribution in [0.4, 0.5) is 4.79 Å². The van der Waals surface area contributed by atoms with Gasteiger partial charge in [0.15, 0.2) is 0 Å². The van der Waals surface area contributed by atoms with Crippen molar-refractivity contribution in [2.45, 2.75) is 31.7 Å². The van der Waals surface area contributed by atoms with Crippen molar-refractivity contribution in [2.75, 3.05) is 13.2 Å². The number of carbonyl (C=O) groups excluding carboxylic acids is 2. The van der Waals surface area contributed by atoms with E-state index in [1.165, 1.54) is 11.3 Å². The highest BCUT2D eigenvalue weighted by molar-refractivity contribution is 7.10. The van der Waals surface area contributed by atoms with Gasteiger partial charge >= 0.3 is 12.1 Å². The molecule has 0 bridgehead atoms. The van der Waals surface area contributed by atoms with Crippen molar-refractivity contribution in [1.82, 2.24) is 10.6 Å². The first-order valence-electron chi connectivity index (χ1n) is 11.6. The largest absolute Gasteiger partial charge is 0.481 e. The van der Waals surface area contributed by atoms with Crippen LogP contribution in [0.1, 0.15) is 47.7 Å². The molecule has 1 aliphatic rings. The summed E-state index contributed by atoms with van der Waals surface area (Å²) in [5, 5.41) is 16.5. The summed E-state index contributed by atoms with van der Waals surface area (Å²) < 4.78 is 5.60. The van der Waals surface area contributed by atoms with E-state index < -0.39 is 29.9 Å². The van der Waals surface area contributed by atoms with Crippen LogP contribution in [-0.4, -0.2) is 36.2 Å². The van der Waals surface area contributed by atoms with Crippen molar-refractivity contribution in [1.29, 1.82) is 0 Å². The average molecular weight is 493 g/mol. The summed E-state index contributed by atoms with van der Waals surface area (Å²) in [6.07, 6.45) is 0.446. The van der Waals surface area contributed by atoms with Gasteiger partial charge in [-0.2, -0.15) is 0 Å². The quantitative estimate of drug-likeness (QED) is 0.372. The molecule has 7 nitrogen and oxygen atoms in total. The van der Waals surface area contributed by atoms with Crippen molar-refractivity contribution >= 4 is 29.3 Å². The number of carboxylic acids is 1. The van der Waals surface area contributed by atoms with Crippen molar-refractivity contribution in [3.8, 4) is 11.1 Å². The predicted octanol–water partition coefficient (Wildman–Crippen LogP) is 4.95. The summed E-state index contributed by atoms with van der Waals surface area (Å²) in [6, 6.07) is 18.7. The lowest BCUT2D eigenvalue weighted by Gasteiger charge is -2.20.